The Morgan fingerprint density at radius 3 is 2.38 bits per heavy atom. The highest BCUT2D eigenvalue weighted by molar-refractivity contribution is 7.90. The summed E-state index contributed by atoms with van der Waals surface area (Å²) in [6.07, 6.45) is -0.0196. The van der Waals surface area contributed by atoms with Crippen molar-refractivity contribution in [1.82, 2.24) is 4.72 Å². The van der Waals surface area contributed by atoms with Gasteiger partial charge in [0.2, 0.25) is 5.91 Å². The molecule has 0 heterocycles. The molecule has 7 heteroatoms. The number of sulfonamides is 1. The van der Waals surface area contributed by atoms with Crippen molar-refractivity contribution in [3.8, 4) is 11.5 Å². The molecule has 0 aromatic heterocycles. The van der Waals surface area contributed by atoms with E-state index in [4.69, 9.17) is 9.47 Å². The van der Waals surface area contributed by atoms with Gasteiger partial charge in [-0.2, -0.15) is 0 Å². The molecule has 0 saturated carbocycles. The number of ether oxygens (including phenoxy) is 2. The zero-order valence-electron chi connectivity index (χ0n) is 13.7. The Balaban J connectivity index is 2.17. The second kappa shape index (κ2) is 7.35. The maximum absolute atomic E-state index is 12.3. The number of nitrogens with one attached hydrogen (secondary N) is 1. The molecule has 2 aromatic rings. The highest BCUT2D eigenvalue weighted by atomic mass is 32.2. The van der Waals surface area contributed by atoms with E-state index >= 15 is 0 Å². The van der Waals surface area contributed by atoms with E-state index < -0.39 is 15.9 Å². The number of rotatable bonds is 6. The van der Waals surface area contributed by atoms with Crippen LogP contribution in [-0.2, 0) is 21.2 Å². The Hall–Kier alpha value is -2.54. The molecule has 0 aliphatic heterocycles. The number of benzene rings is 2. The van der Waals surface area contributed by atoms with Crippen molar-refractivity contribution in [1.29, 1.82) is 0 Å². The van der Waals surface area contributed by atoms with Crippen LogP contribution in [0, 0.1) is 6.92 Å². The molecule has 6 nitrogen and oxygen atoms in total. The molecule has 0 bridgehead atoms. The summed E-state index contributed by atoms with van der Waals surface area (Å²) in [5.41, 5.74) is 1.75. The number of hydrogen-bond acceptors (Lipinski definition) is 5. The lowest BCUT2D eigenvalue weighted by Crippen LogP contribution is -2.31. The maximum Gasteiger partial charge on any atom is 0.264 e. The lowest BCUT2D eigenvalue weighted by atomic mass is 10.1. The van der Waals surface area contributed by atoms with Crippen LogP contribution in [0.2, 0.25) is 0 Å². The number of hydrogen-bond donors (Lipinski definition) is 1. The summed E-state index contributed by atoms with van der Waals surface area (Å²) in [7, 11) is -1.12. The maximum atomic E-state index is 12.3. The van der Waals surface area contributed by atoms with Gasteiger partial charge >= 0.3 is 0 Å². The third-order valence-corrected chi connectivity index (χ3v) is 4.73. The second-order valence-electron chi connectivity index (χ2n) is 5.21. The predicted molar refractivity (Wildman–Crippen MR) is 89.8 cm³/mol. The van der Waals surface area contributed by atoms with Gasteiger partial charge in [0, 0.05) is 6.07 Å². The summed E-state index contributed by atoms with van der Waals surface area (Å²) in [6.45, 7) is 1.90. The molecule has 1 N–H and O–H groups in total. The van der Waals surface area contributed by atoms with Gasteiger partial charge in [-0.15, -0.1) is 0 Å². The number of aryl methyl sites for hydroxylation is 1. The molecule has 0 unspecified atom stereocenters. The van der Waals surface area contributed by atoms with Gasteiger partial charge in [-0.3, -0.25) is 4.79 Å². The lowest BCUT2D eigenvalue weighted by molar-refractivity contribution is -0.118. The molecule has 0 aliphatic carbocycles. The zero-order chi connectivity index (χ0) is 17.7. The van der Waals surface area contributed by atoms with Crippen LogP contribution in [0.25, 0.3) is 0 Å². The van der Waals surface area contributed by atoms with Crippen LogP contribution in [-0.4, -0.2) is 28.5 Å². The number of carbonyl (C=O) groups excluding carboxylic acids is 1. The smallest absolute Gasteiger partial charge is 0.264 e. The minimum Gasteiger partial charge on any atom is -0.493 e. The predicted octanol–water partition coefficient (Wildman–Crippen LogP) is 2.06. The van der Waals surface area contributed by atoms with Crippen molar-refractivity contribution in [2.45, 2.75) is 18.2 Å². The fourth-order valence-corrected chi connectivity index (χ4v) is 3.24. The Morgan fingerprint density at radius 1 is 1.04 bits per heavy atom. The van der Waals surface area contributed by atoms with Crippen molar-refractivity contribution in [2.75, 3.05) is 14.2 Å². The topological polar surface area (TPSA) is 81.7 Å². The van der Waals surface area contributed by atoms with Crippen molar-refractivity contribution < 1.29 is 22.7 Å². The first-order valence-electron chi connectivity index (χ1n) is 7.19. The molecule has 0 atom stereocenters. The van der Waals surface area contributed by atoms with Crippen LogP contribution in [0.3, 0.4) is 0 Å². The number of amides is 1. The molecule has 128 valence electrons. The van der Waals surface area contributed by atoms with E-state index in [1.807, 2.05) is 25.1 Å². The third kappa shape index (κ3) is 4.26. The van der Waals surface area contributed by atoms with Gasteiger partial charge in [-0.05, 0) is 24.6 Å². The largest absolute Gasteiger partial charge is 0.493 e. The SMILES string of the molecule is COc1ccc(S(=O)(=O)NC(=O)Cc2cccc(C)c2)cc1OC. The summed E-state index contributed by atoms with van der Waals surface area (Å²) >= 11 is 0. The Bertz CT molecular complexity index is 846. The molecular formula is C17H19NO5S. The van der Waals surface area contributed by atoms with Crippen LogP contribution < -0.4 is 14.2 Å². The third-order valence-electron chi connectivity index (χ3n) is 3.36. The lowest BCUT2D eigenvalue weighted by Gasteiger charge is -2.11. The van der Waals surface area contributed by atoms with Crippen molar-refractivity contribution >= 4 is 15.9 Å². The first-order valence-corrected chi connectivity index (χ1v) is 8.67. The molecule has 24 heavy (non-hydrogen) atoms. The van der Waals surface area contributed by atoms with Crippen LogP contribution in [0.1, 0.15) is 11.1 Å². The molecule has 2 rings (SSSR count). The van der Waals surface area contributed by atoms with E-state index in [0.717, 1.165) is 11.1 Å². The fourth-order valence-electron chi connectivity index (χ4n) is 2.24. The Kier molecular flexibility index (Phi) is 5.46. The fraction of sp³-hybridized carbons (Fsp3) is 0.235. The highest BCUT2D eigenvalue weighted by Gasteiger charge is 2.20. The van der Waals surface area contributed by atoms with Gasteiger partial charge in [0.05, 0.1) is 25.5 Å². The summed E-state index contributed by atoms with van der Waals surface area (Å²) in [4.78, 5) is 12.0. The van der Waals surface area contributed by atoms with Gasteiger partial charge < -0.3 is 9.47 Å². The van der Waals surface area contributed by atoms with Crippen LogP contribution in [0.4, 0.5) is 0 Å². The average Bonchev–Trinajstić information content (AvgIpc) is 2.53. The first kappa shape index (κ1) is 17.8. The van der Waals surface area contributed by atoms with Crippen LogP contribution >= 0.6 is 0 Å². The Labute approximate surface area is 141 Å². The van der Waals surface area contributed by atoms with Crippen LogP contribution in [0.15, 0.2) is 47.4 Å². The molecule has 1 amide bonds. The van der Waals surface area contributed by atoms with Crippen molar-refractivity contribution in [2.24, 2.45) is 0 Å². The molecular weight excluding hydrogens is 330 g/mol. The summed E-state index contributed by atoms with van der Waals surface area (Å²) < 4.78 is 36.9. The Morgan fingerprint density at radius 2 is 1.75 bits per heavy atom. The highest BCUT2D eigenvalue weighted by Crippen LogP contribution is 2.29. The summed E-state index contributed by atoms with van der Waals surface area (Å²) in [5.74, 6) is 0.0735. The van der Waals surface area contributed by atoms with Crippen molar-refractivity contribution in [3.05, 3.63) is 53.6 Å². The standard InChI is InChI=1S/C17H19NO5S/c1-12-5-4-6-13(9-12)10-17(19)18-24(20,21)14-7-8-15(22-2)16(11-14)23-3/h4-9,11H,10H2,1-3H3,(H,18,19). The molecule has 0 saturated heterocycles. The second-order valence-corrected chi connectivity index (χ2v) is 6.89. The quantitative estimate of drug-likeness (QED) is 0.863. The van der Waals surface area contributed by atoms with Gasteiger partial charge in [0.25, 0.3) is 10.0 Å². The molecule has 0 aliphatic rings. The summed E-state index contributed by atoms with van der Waals surface area (Å²) in [5, 5.41) is 0. The van der Waals surface area contributed by atoms with E-state index in [1.165, 1.54) is 32.4 Å². The van der Waals surface area contributed by atoms with E-state index in [2.05, 4.69) is 4.72 Å². The first-order chi connectivity index (χ1) is 11.4. The average molecular weight is 349 g/mol. The monoisotopic (exact) mass is 349 g/mol. The van der Waals surface area contributed by atoms with Gasteiger partial charge in [0.15, 0.2) is 11.5 Å². The van der Waals surface area contributed by atoms with E-state index in [0.29, 0.717) is 5.75 Å². The van der Waals surface area contributed by atoms with Gasteiger partial charge in [0.1, 0.15) is 0 Å². The zero-order valence-corrected chi connectivity index (χ0v) is 14.5. The van der Waals surface area contributed by atoms with E-state index in [-0.39, 0.29) is 17.1 Å². The minimum absolute atomic E-state index is 0.0196. The van der Waals surface area contributed by atoms with Gasteiger partial charge in [-0.1, -0.05) is 29.8 Å². The number of carbonyl (C=O) groups is 1. The van der Waals surface area contributed by atoms with Gasteiger partial charge in [-0.25, -0.2) is 13.1 Å². The molecule has 2 aromatic carbocycles. The summed E-state index contributed by atoms with van der Waals surface area (Å²) in [6, 6.07) is 11.5. The van der Waals surface area contributed by atoms with E-state index in [1.54, 1.807) is 6.07 Å². The number of methoxy groups -OCH3 is 2. The van der Waals surface area contributed by atoms with Crippen LogP contribution in [0.5, 0.6) is 11.5 Å². The van der Waals surface area contributed by atoms with E-state index in [9.17, 15) is 13.2 Å². The minimum atomic E-state index is -3.98. The molecule has 0 radical (unpaired) electrons. The molecule has 0 spiro atoms. The molecule has 0 fully saturated rings. The van der Waals surface area contributed by atoms with Crippen molar-refractivity contribution in [3.63, 3.8) is 0 Å². The normalized spacial score (nSPS) is 11.0.